The van der Waals surface area contributed by atoms with Gasteiger partial charge in [-0.2, -0.15) is 0 Å². The van der Waals surface area contributed by atoms with Crippen molar-refractivity contribution in [3.63, 3.8) is 0 Å². The molecule has 2 heterocycles. The van der Waals surface area contributed by atoms with Gasteiger partial charge in [-0.15, -0.1) is 11.3 Å². The monoisotopic (exact) mass is 719 g/mol. The first-order chi connectivity index (χ1) is 27.3. The van der Waals surface area contributed by atoms with E-state index < -0.39 is 0 Å². The van der Waals surface area contributed by atoms with Gasteiger partial charge >= 0.3 is 0 Å². The standard InChI is InChI=1S/C52H33NOS/c1-2-13-34(14-3-1)41-32-31-38(33-47(41)45-22-11-21-44-42-18-6-8-25-49(42)54-51(44)45)53(48-24-12-23-46-43-19-7-9-26-50(43)55-52(46)48)37-29-27-36(28-30-37)40-20-10-16-35-15-4-5-17-39(35)40/h1-33H. The number of para-hydroxylation sites is 2. The number of hydrogen-bond donors (Lipinski definition) is 0. The zero-order valence-electron chi connectivity index (χ0n) is 29.8. The summed E-state index contributed by atoms with van der Waals surface area (Å²) in [5.74, 6) is 0. The van der Waals surface area contributed by atoms with E-state index in [9.17, 15) is 0 Å². The minimum absolute atomic E-state index is 0.895. The van der Waals surface area contributed by atoms with E-state index in [1.807, 2.05) is 17.4 Å². The number of hydrogen-bond acceptors (Lipinski definition) is 3. The summed E-state index contributed by atoms with van der Waals surface area (Å²) in [7, 11) is 0. The Hall–Kier alpha value is -6.94. The molecule has 0 aliphatic heterocycles. The first-order valence-electron chi connectivity index (χ1n) is 18.7. The quantitative estimate of drug-likeness (QED) is 0.170. The van der Waals surface area contributed by atoms with Crippen LogP contribution in [0.2, 0.25) is 0 Å². The summed E-state index contributed by atoms with van der Waals surface area (Å²) in [5, 5.41) is 7.30. The zero-order chi connectivity index (χ0) is 36.3. The molecule has 258 valence electrons. The second-order valence-electron chi connectivity index (χ2n) is 14.0. The normalized spacial score (nSPS) is 11.6. The average molecular weight is 720 g/mol. The zero-order valence-corrected chi connectivity index (χ0v) is 30.6. The van der Waals surface area contributed by atoms with Crippen LogP contribution in [0.1, 0.15) is 0 Å². The highest BCUT2D eigenvalue weighted by Gasteiger charge is 2.22. The van der Waals surface area contributed by atoms with Gasteiger partial charge in [-0.3, -0.25) is 0 Å². The molecule has 0 fully saturated rings. The van der Waals surface area contributed by atoms with Gasteiger partial charge in [-0.05, 0) is 81.1 Å². The summed E-state index contributed by atoms with van der Waals surface area (Å²) in [5.41, 5.74) is 12.0. The van der Waals surface area contributed by atoms with Gasteiger partial charge in [-0.1, -0.05) is 158 Å². The number of anilines is 3. The summed E-state index contributed by atoms with van der Waals surface area (Å²) in [6.45, 7) is 0. The molecule has 11 aromatic rings. The Labute approximate surface area is 322 Å². The summed E-state index contributed by atoms with van der Waals surface area (Å²) in [6.07, 6.45) is 0. The molecule has 0 aliphatic rings. The maximum absolute atomic E-state index is 6.66. The summed E-state index contributed by atoms with van der Waals surface area (Å²) < 4.78 is 9.21. The highest BCUT2D eigenvalue weighted by Crippen LogP contribution is 2.48. The molecule has 0 amide bonds. The van der Waals surface area contributed by atoms with Crippen LogP contribution in [-0.2, 0) is 0 Å². The molecule has 55 heavy (non-hydrogen) atoms. The van der Waals surface area contributed by atoms with Gasteiger partial charge in [0.1, 0.15) is 11.2 Å². The lowest BCUT2D eigenvalue weighted by atomic mass is 9.92. The first kappa shape index (κ1) is 31.6. The molecule has 0 N–H and O–H groups in total. The van der Waals surface area contributed by atoms with E-state index in [4.69, 9.17) is 4.42 Å². The first-order valence-corrected chi connectivity index (χ1v) is 19.5. The molecule has 0 atom stereocenters. The predicted molar refractivity (Wildman–Crippen MR) is 235 cm³/mol. The Bertz CT molecular complexity index is 3200. The molecule has 0 radical (unpaired) electrons. The predicted octanol–water partition coefficient (Wildman–Crippen LogP) is 15.6. The van der Waals surface area contributed by atoms with E-state index >= 15 is 0 Å². The lowest BCUT2D eigenvalue weighted by Gasteiger charge is -2.27. The highest BCUT2D eigenvalue weighted by molar-refractivity contribution is 7.26. The topological polar surface area (TPSA) is 16.4 Å². The molecule has 11 rings (SSSR count). The number of benzene rings is 9. The van der Waals surface area contributed by atoms with Gasteiger partial charge in [-0.25, -0.2) is 0 Å². The van der Waals surface area contributed by atoms with Crippen LogP contribution in [0, 0.1) is 0 Å². The Morgan fingerprint density at radius 1 is 0.382 bits per heavy atom. The number of furan rings is 1. The number of fused-ring (bicyclic) bond motifs is 7. The molecular weight excluding hydrogens is 687 g/mol. The summed E-state index contributed by atoms with van der Waals surface area (Å²) in [4.78, 5) is 2.43. The van der Waals surface area contributed by atoms with E-state index in [1.54, 1.807) is 0 Å². The third-order valence-corrected chi connectivity index (χ3v) is 12.1. The Morgan fingerprint density at radius 2 is 1.02 bits per heavy atom. The Kier molecular flexibility index (Phi) is 7.39. The van der Waals surface area contributed by atoms with Crippen LogP contribution >= 0.6 is 11.3 Å². The van der Waals surface area contributed by atoms with Crippen molar-refractivity contribution in [2.45, 2.75) is 0 Å². The van der Waals surface area contributed by atoms with Crippen molar-refractivity contribution in [3.05, 3.63) is 200 Å². The molecule has 0 spiro atoms. The minimum Gasteiger partial charge on any atom is -0.455 e. The third kappa shape index (κ3) is 5.24. The lowest BCUT2D eigenvalue weighted by molar-refractivity contribution is 0.670. The van der Waals surface area contributed by atoms with Crippen molar-refractivity contribution in [2.75, 3.05) is 4.90 Å². The Balaban J connectivity index is 1.16. The molecule has 9 aromatic carbocycles. The van der Waals surface area contributed by atoms with Crippen molar-refractivity contribution >= 4 is 81.3 Å². The maximum atomic E-state index is 6.66. The van der Waals surface area contributed by atoms with Gasteiger partial charge in [0.25, 0.3) is 0 Å². The molecule has 0 bridgehead atoms. The fourth-order valence-electron chi connectivity index (χ4n) is 8.33. The average Bonchev–Trinajstić information content (AvgIpc) is 3.83. The van der Waals surface area contributed by atoms with Crippen LogP contribution in [0.5, 0.6) is 0 Å². The molecule has 2 nitrogen and oxygen atoms in total. The van der Waals surface area contributed by atoms with E-state index in [2.05, 4.69) is 199 Å². The summed E-state index contributed by atoms with van der Waals surface area (Å²) >= 11 is 1.86. The summed E-state index contributed by atoms with van der Waals surface area (Å²) in [6, 6.07) is 72.2. The molecule has 0 unspecified atom stereocenters. The van der Waals surface area contributed by atoms with Gasteiger partial charge in [0.05, 0.1) is 10.4 Å². The largest absolute Gasteiger partial charge is 0.455 e. The second-order valence-corrected chi connectivity index (χ2v) is 15.1. The maximum Gasteiger partial charge on any atom is 0.143 e. The van der Waals surface area contributed by atoms with Crippen LogP contribution in [-0.4, -0.2) is 0 Å². The lowest BCUT2D eigenvalue weighted by Crippen LogP contribution is -2.10. The van der Waals surface area contributed by atoms with Crippen molar-refractivity contribution in [2.24, 2.45) is 0 Å². The molecule has 0 saturated heterocycles. The number of rotatable bonds is 6. The molecule has 3 heteroatoms. The van der Waals surface area contributed by atoms with Crippen LogP contribution in [0.15, 0.2) is 205 Å². The van der Waals surface area contributed by atoms with E-state index in [-0.39, 0.29) is 0 Å². The van der Waals surface area contributed by atoms with Gasteiger partial charge in [0, 0.05) is 43.2 Å². The Morgan fingerprint density at radius 3 is 1.91 bits per heavy atom. The van der Waals surface area contributed by atoms with Gasteiger partial charge < -0.3 is 9.32 Å². The fourth-order valence-corrected chi connectivity index (χ4v) is 9.53. The van der Waals surface area contributed by atoms with Crippen LogP contribution in [0.4, 0.5) is 17.1 Å². The molecular formula is C52H33NOS. The number of nitrogens with zero attached hydrogens (tertiary/aromatic N) is 1. The van der Waals surface area contributed by atoms with Crippen molar-refractivity contribution in [3.8, 4) is 33.4 Å². The van der Waals surface area contributed by atoms with Crippen molar-refractivity contribution in [1.82, 2.24) is 0 Å². The van der Waals surface area contributed by atoms with Crippen LogP contribution in [0.3, 0.4) is 0 Å². The molecule has 0 aliphatic carbocycles. The van der Waals surface area contributed by atoms with Crippen molar-refractivity contribution in [1.29, 1.82) is 0 Å². The smallest absolute Gasteiger partial charge is 0.143 e. The molecule has 0 saturated carbocycles. The van der Waals surface area contributed by atoms with E-state index in [1.165, 1.54) is 42.1 Å². The van der Waals surface area contributed by atoms with Crippen molar-refractivity contribution < 1.29 is 4.42 Å². The highest BCUT2D eigenvalue weighted by atomic mass is 32.1. The number of thiophene rings is 1. The van der Waals surface area contributed by atoms with E-state index in [0.717, 1.165) is 61.3 Å². The SMILES string of the molecule is c1ccc(-c2ccc(N(c3ccc(-c4cccc5ccccc45)cc3)c3cccc4c3sc3ccccc34)cc2-c2cccc3c2oc2ccccc23)cc1. The van der Waals surface area contributed by atoms with Gasteiger partial charge in [0.15, 0.2) is 0 Å². The fraction of sp³-hybridized carbons (Fsp3) is 0. The van der Waals surface area contributed by atoms with Crippen LogP contribution in [0.25, 0.3) is 86.3 Å². The minimum atomic E-state index is 0.895. The second kappa shape index (κ2) is 12.9. The van der Waals surface area contributed by atoms with Crippen LogP contribution < -0.4 is 4.90 Å². The van der Waals surface area contributed by atoms with Gasteiger partial charge in [0.2, 0.25) is 0 Å². The third-order valence-electron chi connectivity index (χ3n) is 10.9. The van der Waals surface area contributed by atoms with E-state index in [0.29, 0.717) is 0 Å². The molecule has 2 aromatic heterocycles.